The third-order valence-corrected chi connectivity index (χ3v) is 4.12. The minimum absolute atomic E-state index is 0.677. The van der Waals surface area contributed by atoms with Crippen molar-refractivity contribution in [2.75, 3.05) is 6.54 Å². The highest BCUT2D eigenvalue weighted by Gasteiger charge is 2.01. The highest BCUT2D eigenvalue weighted by Crippen LogP contribution is 2.09. The predicted octanol–water partition coefficient (Wildman–Crippen LogP) is 4.63. The van der Waals surface area contributed by atoms with E-state index in [0.717, 1.165) is 6.54 Å². The summed E-state index contributed by atoms with van der Waals surface area (Å²) < 4.78 is 0. The van der Waals surface area contributed by atoms with E-state index in [1.165, 1.54) is 49.8 Å². The summed E-state index contributed by atoms with van der Waals surface area (Å²) >= 11 is 1.86. The Kier molecular flexibility index (Phi) is 8.37. The number of nitrogens with one attached hydrogen (secondary N) is 1. The average Bonchev–Trinajstić information content (AvgIpc) is 2.82. The number of rotatable bonds is 10. The third-order valence-electron chi connectivity index (χ3n) is 3.18. The lowest BCUT2D eigenvalue weighted by Gasteiger charge is -2.13. The van der Waals surface area contributed by atoms with Crippen molar-refractivity contribution in [3.63, 3.8) is 0 Å². The van der Waals surface area contributed by atoms with Crippen LogP contribution in [0.25, 0.3) is 0 Å². The van der Waals surface area contributed by atoms with E-state index in [1.807, 2.05) is 11.3 Å². The minimum atomic E-state index is 0.677. The molecule has 0 bridgehead atoms. The van der Waals surface area contributed by atoms with Crippen molar-refractivity contribution in [3.05, 3.63) is 22.4 Å². The Bertz CT molecular complexity index is 256. The first-order valence-electron chi connectivity index (χ1n) is 7.08. The van der Waals surface area contributed by atoms with Gasteiger partial charge < -0.3 is 5.32 Å². The van der Waals surface area contributed by atoms with Crippen LogP contribution in [0.4, 0.5) is 0 Å². The molecule has 0 aliphatic carbocycles. The van der Waals surface area contributed by atoms with E-state index in [4.69, 9.17) is 0 Å². The lowest BCUT2D eigenvalue weighted by atomic mass is 10.1. The van der Waals surface area contributed by atoms with E-state index in [9.17, 15) is 0 Å². The molecule has 0 saturated carbocycles. The number of thiophene rings is 1. The number of hydrogen-bond donors (Lipinski definition) is 1. The van der Waals surface area contributed by atoms with E-state index in [2.05, 4.69) is 36.7 Å². The molecule has 1 unspecified atom stereocenters. The highest BCUT2D eigenvalue weighted by molar-refractivity contribution is 7.09. The molecule has 0 spiro atoms. The van der Waals surface area contributed by atoms with Gasteiger partial charge in [-0.1, -0.05) is 45.1 Å². The Balaban J connectivity index is 1.92. The summed E-state index contributed by atoms with van der Waals surface area (Å²) in [7, 11) is 0. The van der Waals surface area contributed by atoms with E-state index in [0.29, 0.717) is 6.04 Å². The van der Waals surface area contributed by atoms with Gasteiger partial charge >= 0.3 is 0 Å². The molecule has 1 aromatic rings. The fraction of sp³-hybridized carbons (Fsp3) is 0.733. The van der Waals surface area contributed by atoms with Crippen molar-refractivity contribution in [2.24, 2.45) is 0 Å². The first-order valence-corrected chi connectivity index (χ1v) is 7.96. The quantitative estimate of drug-likeness (QED) is 0.600. The molecule has 0 saturated heterocycles. The first-order chi connectivity index (χ1) is 8.33. The SMILES string of the molecule is CCCCCCCC(C)NCCc1cccs1. The number of hydrogen-bond acceptors (Lipinski definition) is 2. The Labute approximate surface area is 111 Å². The first kappa shape index (κ1) is 14.7. The van der Waals surface area contributed by atoms with Crippen LogP contribution in [-0.4, -0.2) is 12.6 Å². The summed E-state index contributed by atoms with van der Waals surface area (Å²) in [5.74, 6) is 0. The molecule has 0 aliphatic heterocycles. The molecule has 0 fully saturated rings. The van der Waals surface area contributed by atoms with Crippen LogP contribution in [0, 0.1) is 0 Å². The molecule has 98 valence electrons. The molecule has 1 rings (SSSR count). The molecule has 1 nitrogen and oxygen atoms in total. The molecular weight excluding hydrogens is 226 g/mol. The second-order valence-corrected chi connectivity index (χ2v) is 5.92. The monoisotopic (exact) mass is 253 g/mol. The lowest BCUT2D eigenvalue weighted by molar-refractivity contribution is 0.483. The molecule has 2 heteroatoms. The van der Waals surface area contributed by atoms with Crippen LogP contribution in [0.15, 0.2) is 17.5 Å². The summed E-state index contributed by atoms with van der Waals surface area (Å²) in [5.41, 5.74) is 0. The zero-order valence-corrected chi connectivity index (χ0v) is 12.2. The maximum Gasteiger partial charge on any atom is 0.00578 e. The molecule has 1 N–H and O–H groups in total. The van der Waals surface area contributed by atoms with Crippen LogP contribution in [0.1, 0.15) is 57.2 Å². The Morgan fingerprint density at radius 3 is 2.76 bits per heavy atom. The summed E-state index contributed by atoms with van der Waals surface area (Å²) in [6.07, 6.45) is 9.46. The molecule has 0 aliphatic rings. The van der Waals surface area contributed by atoms with Crippen molar-refractivity contribution in [2.45, 2.75) is 64.8 Å². The van der Waals surface area contributed by atoms with Crippen molar-refractivity contribution >= 4 is 11.3 Å². The third kappa shape index (κ3) is 7.56. The van der Waals surface area contributed by atoms with Gasteiger partial charge in [-0.25, -0.2) is 0 Å². The summed E-state index contributed by atoms with van der Waals surface area (Å²) in [5, 5.41) is 5.78. The van der Waals surface area contributed by atoms with Gasteiger partial charge in [-0.15, -0.1) is 11.3 Å². The minimum Gasteiger partial charge on any atom is -0.314 e. The van der Waals surface area contributed by atoms with Crippen LogP contribution >= 0.6 is 11.3 Å². The van der Waals surface area contributed by atoms with Crippen LogP contribution < -0.4 is 5.32 Å². The maximum atomic E-state index is 3.62. The maximum absolute atomic E-state index is 3.62. The summed E-state index contributed by atoms with van der Waals surface area (Å²) in [6, 6.07) is 5.04. The van der Waals surface area contributed by atoms with Gasteiger partial charge in [0.1, 0.15) is 0 Å². The van der Waals surface area contributed by atoms with Gasteiger partial charge in [-0.05, 0) is 31.2 Å². The largest absolute Gasteiger partial charge is 0.314 e. The van der Waals surface area contributed by atoms with Crippen molar-refractivity contribution < 1.29 is 0 Å². The molecule has 1 atom stereocenters. The Hall–Kier alpha value is -0.340. The van der Waals surface area contributed by atoms with E-state index in [1.54, 1.807) is 0 Å². The van der Waals surface area contributed by atoms with E-state index >= 15 is 0 Å². The summed E-state index contributed by atoms with van der Waals surface area (Å²) in [6.45, 7) is 5.71. The zero-order chi connectivity index (χ0) is 12.3. The lowest BCUT2D eigenvalue weighted by Crippen LogP contribution is -2.27. The van der Waals surface area contributed by atoms with E-state index in [-0.39, 0.29) is 0 Å². The van der Waals surface area contributed by atoms with Gasteiger partial charge in [0, 0.05) is 17.5 Å². The molecule has 0 aromatic carbocycles. The molecule has 1 aromatic heterocycles. The second kappa shape index (κ2) is 9.67. The standard InChI is InChI=1S/C15H27NS/c1-3-4-5-6-7-9-14(2)16-12-11-15-10-8-13-17-15/h8,10,13-14,16H,3-7,9,11-12H2,1-2H3. The van der Waals surface area contributed by atoms with Crippen LogP contribution in [0.5, 0.6) is 0 Å². The topological polar surface area (TPSA) is 12.0 Å². The van der Waals surface area contributed by atoms with Gasteiger partial charge in [0.25, 0.3) is 0 Å². The van der Waals surface area contributed by atoms with Crippen LogP contribution in [0.3, 0.4) is 0 Å². The fourth-order valence-electron chi connectivity index (χ4n) is 2.05. The van der Waals surface area contributed by atoms with E-state index < -0.39 is 0 Å². The average molecular weight is 253 g/mol. The second-order valence-electron chi connectivity index (χ2n) is 4.89. The van der Waals surface area contributed by atoms with Crippen LogP contribution in [0.2, 0.25) is 0 Å². The molecule has 17 heavy (non-hydrogen) atoms. The van der Waals surface area contributed by atoms with Crippen molar-refractivity contribution in [1.82, 2.24) is 5.32 Å². The zero-order valence-electron chi connectivity index (χ0n) is 11.4. The van der Waals surface area contributed by atoms with Gasteiger partial charge in [0.05, 0.1) is 0 Å². The smallest absolute Gasteiger partial charge is 0.00578 e. The Morgan fingerprint density at radius 1 is 1.24 bits per heavy atom. The summed E-state index contributed by atoms with van der Waals surface area (Å²) in [4.78, 5) is 1.49. The van der Waals surface area contributed by atoms with Crippen molar-refractivity contribution in [3.8, 4) is 0 Å². The fourth-order valence-corrected chi connectivity index (χ4v) is 2.76. The molecule has 0 amide bonds. The molecule has 0 radical (unpaired) electrons. The molecular formula is C15H27NS. The highest BCUT2D eigenvalue weighted by atomic mass is 32.1. The van der Waals surface area contributed by atoms with Gasteiger partial charge in [0.2, 0.25) is 0 Å². The number of unbranched alkanes of at least 4 members (excludes halogenated alkanes) is 4. The Morgan fingerprint density at radius 2 is 2.06 bits per heavy atom. The molecule has 1 heterocycles. The van der Waals surface area contributed by atoms with Crippen LogP contribution in [-0.2, 0) is 6.42 Å². The predicted molar refractivity (Wildman–Crippen MR) is 78.9 cm³/mol. The van der Waals surface area contributed by atoms with Crippen molar-refractivity contribution in [1.29, 1.82) is 0 Å². The van der Waals surface area contributed by atoms with Gasteiger partial charge in [-0.2, -0.15) is 0 Å². The normalized spacial score (nSPS) is 12.8. The van der Waals surface area contributed by atoms with Gasteiger partial charge in [0.15, 0.2) is 0 Å². The van der Waals surface area contributed by atoms with Gasteiger partial charge in [-0.3, -0.25) is 0 Å².